The lowest BCUT2D eigenvalue weighted by molar-refractivity contribution is -0.136. The number of piperidine rings is 1. The molecule has 3 aliphatic heterocycles. The Morgan fingerprint density at radius 2 is 1.64 bits per heavy atom. The Kier molecular flexibility index (Phi) is 15.4. The highest BCUT2D eigenvalue weighted by molar-refractivity contribution is 6.25. The van der Waals surface area contributed by atoms with Gasteiger partial charge in [-0.3, -0.25) is 53.4 Å². The molecule has 5 aromatic rings. The summed E-state index contributed by atoms with van der Waals surface area (Å²) in [4.78, 5) is 102. The van der Waals surface area contributed by atoms with Crippen molar-refractivity contribution >= 4 is 57.9 Å². The summed E-state index contributed by atoms with van der Waals surface area (Å²) in [5, 5.41) is 16.6. The molecule has 20 heteroatoms. The molecule has 70 heavy (non-hydrogen) atoms. The molecular weight excluding hydrogens is 899 g/mol. The van der Waals surface area contributed by atoms with Gasteiger partial charge in [-0.15, -0.1) is 0 Å². The van der Waals surface area contributed by atoms with E-state index in [1.54, 1.807) is 24.4 Å². The summed E-state index contributed by atoms with van der Waals surface area (Å²) in [7, 11) is 0. The molecule has 1 atom stereocenters. The van der Waals surface area contributed by atoms with Gasteiger partial charge < -0.3 is 35.3 Å². The summed E-state index contributed by atoms with van der Waals surface area (Å²) in [6, 6.07) is 13.7. The number of nitrogens with one attached hydrogen (secondary N) is 5. The fourth-order valence-corrected chi connectivity index (χ4v) is 9.07. The van der Waals surface area contributed by atoms with E-state index in [1.807, 2.05) is 68.9 Å². The smallest absolute Gasteiger partial charge is 0.264 e. The van der Waals surface area contributed by atoms with Gasteiger partial charge in [-0.1, -0.05) is 6.07 Å². The van der Waals surface area contributed by atoms with Crippen LogP contribution in [0.15, 0.2) is 65.7 Å². The van der Waals surface area contributed by atoms with E-state index in [9.17, 15) is 33.6 Å². The van der Waals surface area contributed by atoms with Gasteiger partial charge in [-0.2, -0.15) is 5.10 Å². The number of benzene rings is 2. The molecule has 0 aliphatic carbocycles. The quantitative estimate of drug-likeness (QED) is 0.0557. The van der Waals surface area contributed by atoms with E-state index in [0.717, 1.165) is 76.7 Å². The molecule has 3 aromatic heterocycles. The zero-order valence-electron chi connectivity index (χ0n) is 39.9. The van der Waals surface area contributed by atoms with Gasteiger partial charge in [0.25, 0.3) is 23.3 Å². The second kappa shape index (κ2) is 22.0. The lowest BCUT2D eigenvalue weighted by Crippen LogP contribution is -2.54. The largest absolute Gasteiger partial charge is 0.382 e. The van der Waals surface area contributed by atoms with Crippen molar-refractivity contribution in [3.05, 3.63) is 105 Å². The second-order valence-electron chi connectivity index (χ2n) is 17.9. The Morgan fingerprint density at radius 1 is 0.857 bits per heavy atom. The number of piperazine rings is 1. The van der Waals surface area contributed by atoms with Crippen LogP contribution in [0.3, 0.4) is 0 Å². The van der Waals surface area contributed by atoms with E-state index >= 15 is 0 Å². The summed E-state index contributed by atoms with van der Waals surface area (Å²) < 4.78 is 13.1. The van der Waals surface area contributed by atoms with Crippen molar-refractivity contribution in [3.63, 3.8) is 0 Å². The van der Waals surface area contributed by atoms with Crippen LogP contribution in [0.4, 0.5) is 11.5 Å². The number of rotatable bonds is 20. The summed E-state index contributed by atoms with van der Waals surface area (Å²) in [6.07, 6.45) is 3.90. The number of carbonyl (C=O) groups excluding carboxylic acids is 6. The number of fused-ring (bicyclic) bond motifs is 2. The Morgan fingerprint density at radius 3 is 2.37 bits per heavy atom. The van der Waals surface area contributed by atoms with Crippen molar-refractivity contribution in [2.45, 2.75) is 65.6 Å². The minimum atomic E-state index is -1.03. The lowest BCUT2D eigenvalue weighted by atomic mass is 10.0. The Balaban J connectivity index is 0.718. The highest BCUT2D eigenvalue weighted by atomic mass is 16.5. The van der Waals surface area contributed by atoms with Gasteiger partial charge in [0.2, 0.25) is 17.7 Å². The number of aryl methyl sites for hydroxylation is 2. The zero-order chi connectivity index (χ0) is 49.5. The van der Waals surface area contributed by atoms with Gasteiger partial charge in [-0.05, 0) is 87.7 Å². The van der Waals surface area contributed by atoms with E-state index in [-0.39, 0.29) is 67.0 Å². The summed E-state index contributed by atoms with van der Waals surface area (Å²) in [5.74, 6) is -1.77. The van der Waals surface area contributed by atoms with E-state index < -0.39 is 29.7 Å². The molecule has 2 aromatic carbocycles. The first kappa shape index (κ1) is 49.1. The van der Waals surface area contributed by atoms with Gasteiger partial charge >= 0.3 is 0 Å². The Labute approximate surface area is 404 Å². The molecule has 6 heterocycles. The number of aromatic nitrogens is 4. The van der Waals surface area contributed by atoms with Crippen molar-refractivity contribution in [2.24, 2.45) is 0 Å². The topological polar surface area (TPSA) is 242 Å². The summed E-state index contributed by atoms with van der Waals surface area (Å²) in [5.41, 5.74) is 5.70. The highest BCUT2D eigenvalue weighted by Crippen LogP contribution is 2.33. The number of aromatic amines is 1. The third kappa shape index (κ3) is 11.1. The van der Waals surface area contributed by atoms with Crippen LogP contribution >= 0.6 is 0 Å². The minimum Gasteiger partial charge on any atom is -0.382 e. The zero-order valence-corrected chi connectivity index (χ0v) is 39.9. The van der Waals surface area contributed by atoms with Crippen LogP contribution in [0, 0.1) is 13.8 Å². The number of amides is 6. The molecule has 0 radical (unpaired) electrons. The van der Waals surface area contributed by atoms with Crippen molar-refractivity contribution < 1.29 is 38.2 Å². The molecule has 1 unspecified atom stereocenters. The van der Waals surface area contributed by atoms with E-state index in [4.69, 9.17) is 14.5 Å². The minimum absolute atomic E-state index is 0.0485. The molecule has 6 amide bonds. The fourth-order valence-electron chi connectivity index (χ4n) is 9.07. The molecule has 5 N–H and O–H groups in total. The van der Waals surface area contributed by atoms with Gasteiger partial charge in [0.1, 0.15) is 11.9 Å². The number of nitrogens with zero attached hydrogens (tertiary/aromatic N) is 6. The molecule has 0 spiro atoms. The molecule has 0 bridgehead atoms. The SMILES string of the molecule is Cc1cc(C)c(CNC(=O)c2cc(-c3ccc(N4CCN(CCNC(=O)CCOCCOCCNc5cccc6c5C(=O)N(C5CCC(=O)NC5=O)C6=O)CC4)nc3)cc3c2cnn3C(C)C)c(=O)[nH]1. The Bertz CT molecular complexity index is 2850. The second-order valence-corrected chi connectivity index (χ2v) is 17.9. The summed E-state index contributed by atoms with van der Waals surface area (Å²) >= 11 is 0. The standard InChI is InChI=1S/C50H59N11O9/c1-30(2)61-41-26-34(25-36(38(41)29-55-61)46(64)54-28-37-31(3)24-32(4)56-47(37)65)33-8-10-42(53-27-33)59-18-16-58(17-19-59)15-13-52-43(62)12-20-69-22-23-70-21-14-51-39-7-5-6-35-45(39)50(68)60(49(35)67)40-9-11-44(63)57-48(40)66/h5-8,10,24-27,29-30,40,51H,9,11-23,28H2,1-4H3,(H,52,62)(H,54,64)(H,56,65)(H,57,63,66). The molecule has 2 saturated heterocycles. The predicted molar refractivity (Wildman–Crippen MR) is 261 cm³/mol. The average molecular weight is 958 g/mol. The Hall–Kier alpha value is -7.29. The number of ether oxygens (including phenoxy) is 2. The van der Waals surface area contributed by atoms with Crippen molar-refractivity contribution in [3.8, 4) is 11.1 Å². The number of anilines is 2. The molecule has 0 saturated carbocycles. The molecule has 3 aliphatic rings. The van der Waals surface area contributed by atoms with E-state index in [1.165, 1.54) is 0 Å². The first-order valence-corrected chi connectivity index (χ1v) is 23.7. The fraction of sp³-hybridized carbons (Fsp3) is 0.420. The number of hydrogen-bond donors (Lipinski definition) is 5. The van der Waals surface area contributed by atoms with Crippen LogP contribution in [0.5, 0.6) is 0 Å². The third-order valence-electron chi connectivity index (χ3n) is 12.8. The first-order valence-electron chi connectivity index (χ1n) is 23.7. The molecule has 368 valence electrons. The van der Waals surface area contributed by atoms with Crippen molar-refractivity contribution in [2.75, 3.05) is 82.5 Å². The maximum Gasteiger partial charge on any atom is 0.264 e. The van der Waals surface area contributed by atoms with Crippen molar-refractivity contribution in [1.29, 1.82) is 0 Å². The number of carbonyl (C=O) groups is 6. The highest BCUT2D eigenvalue weighted by Gasteiger charge is 2.45. The normalized spacial score (nSPS) is 16.3. The number of H-pyrrole nitrogens is 1. The van der Waals surface area contributed by atoms with Gasteiger partial charge in [0.05, 0.1) is 54.8 Å². The molecule has 8 rings (SSSR count). The number of pyridine rings is 2. The summed E-state index contributed by atoms with van der Waals surface area (Å²) in [6.45, 7) is 13.8. The predicted octanol–water partition coefficient (Wildman–Crippen LogP) is 3.09. The van der Waals surface area contributed by atoms with Crippen LogP contribution in [-0.4, -0.2) is 143 Å². The monoisotopic (exact) mass is 957 g/mol. The van der Waals surface area contributed by atoms with Crippen LogP contribution in [0.2, 0.25) is 0 Å². The van der Waals surface area contributed by atoms with Gasteiger partial charge in [0, 0.05) is 105 Å². The van der Waals surface area contributed by atoms with Crippen LogP contribution in [-0.2, 0) is 30.4 Å². The van der Waals surface area contributed by atoms with Crippen molar-refractivity contribution in [1.82, 2.24) is 45.5 Å². The maximum absolute atomic E-state index is 13.7. The maximum atomic E-state index is 13.7. The van der Waals surface area contributed by atoms with Crippen LogP contribution in [0.25, 0.3) is 22.0 Å². The van der Waals surface area contributed by atoms with Crippen LogP contribution < -0.4 is 31.7 Å². The van der Waals surface area contributed by atoms with Gasteiger partial charge in [-0.25, -0.2) is 4.98 Å². The molecule has 2 fully saturated rings. The van der Waals surface area contributed by atoms with E-state index in [2.05, 4.69) is 41.1 Å². The third-order valence-corrected chi connectivity index (χ3v) is 12.8. The molecular formula is C50H59N11O9. The average Bonchev–Trinajstić information content (AvgIpc) is 3.89. The first-order chi connectivity index (χ1) is 33.8. The number of imide groups is 2. The lowest BCUT2D eigenvalue weighted by Gasteiger charge is -2.35. The van der Waals surface area contributed by atoms with Crippen LogP contribution in [0.1, 0.15) is 87.0 Å². The van der Waals surface area contributed by atoms with E-state index in [0.29, 0.717) is 49.7 Å². The van der Waals surface area contributed by atoms with Gasteiger partial charge in [0.15, 0.2) is 0 Å². The molecule has 20 nitrogen and oxygen atoms in total. The number of hydrogen-bond acceptors (Lipinski definition) is 14.